The number of thioether (sulfide) groups is 1. The molecule has 7 heteroatoms. The highest BCUT2D eigenvalue weighted by Crippen LogP contribution is 2.32. The van der Waals surface area contributed by atoms with Crippen LogP contribution in [0.15, 0.2) is 24.3 Å². The Morgan fingerprint density at radius 1 is 1.39 bits per heavy atom. The quantitative estimate of drug-likeness (QED) is 0.604. The predicted molar refractivity (Wildman–Crippen MR) is 88.5 cm³/mol. The summed E-state index contributed by atoms with van der Waals surface area (Å²) in [5.74, 6) is 1.31. The summed E-state index contributed by atoms with van der Waals surface area (Å²) in [6.45, 7) is 0.208. The minimum Gasteiger partial charge on any atom is -0.467 e. The van der Waals surface area contributed by atoms with Gasteiger partial charge in [0.15, 0.2) is 11.5 Å². The van der Waals surface area contributed by atoms with E-state index in [1.807, 2.05) is 12.3 Å². The van der Waals surface area contributed by atoms with Gasteiger partial charge in [0, 0.05) is 6.08 Å². The Bertz CT molecular complexity index is 602. The molecule has 1 N–H and O–H groups in total. The van der Waals surface area contributed by atoms with Crippen LogP contribution in [-0.2, 0) is 14.3 Å². The van der Waals surface area contributed by atoms with Crippen molar-refractivity contribution in [1.82, 2.24) is 5.32 Å². The first-order chi connectivity index (χ1) is 11.1. The van der Waals surface area contributed by atoms with Gasteiger partial charge in [-0.2, -0.15) is 11.8 Å². The molecule has 124 valence electrons. The van der Waals surface area contributed by atoms with E-state index in [1.54, 1.807) is 30.0 Å². The Kier molecular flexibility index (Phi) is 6.34. The number of carbonyl (C=O) groups excluding carboxylic acids is 2. The Balaban J connectivity index is 1.95. The Labute approximate surface area is 139 Å². The van der Waals surface area contributed by atoms with Crippen LogP contribution in [0, 0.1) is 0 Å². The normalized spacial score (nSPS) is 13.8. The Morgan fingerprint density at radius 3 is 2.91 bits per heavy atom. The van der Waals surface area contributed by atoms with E-state index in [-0.39, 0.29) is 12.7 Å². The molecule has 0 aliphatic carbocycles. The number of hydrogen-bond acceptors (Lipinski definition) is 6. The van der Waals surface area contributed by atoms with Gasteiger partial charge in [0.25, 0.3) is 0 Å². The second-order valence-electron chi connectivity index (χ2n) is 4.81. The molecule has 0 unspecified atom stereocenters. The SMILES string of the molecule is COC(=O)[C@@H](CCSC)NC(=O)/C=C/c1ccc2c(c1)OCO2. The molecule has 1 aliphatic rings. The van der Waals surface area contributed by atoms with Gasteiger partial charge in [0.2, 0.25) is 12.7 Å². The molecule has 1 heterocycles. The van der Waals surface area contributed by atoms with Gasteiger partial charge < -0.3 is 19.5 Å². The average Bonchev–Trinajstić information content (AvgIpc) is 3.03. The Morgan fingerprint density at radius 2 is 2.17 bits per heavy atom. The van der Waals surface area contributed by atoms with Crippen molar-refractivity contribution in [2.75, 3.05) is 25.9 Å². The largest absolute Gasteiger partial charge is 0.467 e. The summed E-state index contributed by atoms with van der Waals surface area (Å²) in [4.78, 5) is 23.6. The summed E-state index contributed by atoms with van der Waals surface area (Å²) in [5, 5.41) is 2.66. The summed E-state index contributed by atoms with van der Waals surface area (Å²) < 4.78 is 15.2. The van der Waals surface area contributed by atoms with E-state index in [2.05, 4.69) is 5.32 Å². The van der Waals surface area contributed by atoms with Crippen molar-refractivity contribution < 1.29 is 23.8 Å². The molecule has 0 fully saturated rings. The lowest BCUT2D eigenvalue weighted by molar-refractivity contribution is -0.144. The number of esters is 1. The third-order valence-electron chi connectivity index (χ3n) is 3.24. The van der Waals surface area contributed by atoms with Crippen LogP contribution in [0.5, 0.6) is 11.5 Å². The number of carbonyl (C=O) groups is 2. The standard InChI is InChI=1S/C16H19NO5S/c1-20-16(19)12(7-8-23-2)17-15(18)6-4-11-3-5-13-14(9-11)22-10-21-13/h3-6,9,12H,7-8,10H2,1-2H3,(H,17,18)/b6-4+/t12-/m1/s1. The molecular weight excluding hydrogens is 318 g/mol. The lowest BCUT2D eigenvalue weighted by atomic mass is 10.2. The van der Waals surface area contributed by atoms with Gasteiger partial charge in [-0.15, -0.1) is 0 Å². The van der Waals surface area contributed by atoms with Crippen LogP contribution in [0.1, 0.15) is 12.0 Å². The van der Waals surface area contributed by atoms with Crippen LogP contribution < -0.4 is 14.8 Å². The highest BCUT2D eigenvalue weighted by atomic mass is 32.2. The van der Waals surface area contributed by atoms with Gasteiger partial charge >= 0.3 is 5.97 Å². The third kappa shape index (κ3) is 4.92. The first-order valence-electron chi connectivity index (χ1n) is 7.09. The topological polar surface area (TPSA) is 73.9 Å². The molecule has 1 aromatic rings. The fourth-order valence-corrected chi connectivity index (χ4v) is 2.51. The van der Waals surface area contributed by atoms with Crippen molar-refractivity contribution in [2.24, 2.45) is 0 Å². The van der Waals surface area contributed by atoms with Crippen molar-refractivity contribution in [3.63, 3.8) is 0 Å². The average molecular weight is 337 g/mol. The molecule has 0 saturated carbocycles. The van der Waals surface area contributed by atoms with Crippen LogP contribution in [0.4, 0.5) is 0 Å². The maximum absolute atomic E-state index is 12.0. The van der Waals surface area contributed by atoms with E-state index in [1.165, 1.54) is 13.2 Å². The lowest BCUT2D eigenvalue weighted by Crippen LogP contribution is -2.41. The second kappa shape index (κ2) is 8.47. The van der Waals surface area contributed by atoms with Gasteiger partial charge in [-0.3, -0.25) is 4.79 Å². The Hall–Kier alpha value is -2.15. The van der Waals surface area contributed by atoms with Crippen molar-refractivity contribution in [1.29, 1.82) is 0 Å². The zero-order valence-corrected chi connectivity index (χ0v) is 13.9. The smallest absolute Gasteiger partial charge is 0.328 e. The molecular formula is C16H19NO5S. The van der Waals surface area contributed by atoms with Crippen molar-refractivity contribution >= 4 is 29.7 Å². The van der Waals surface area contributed by atoms with Gasteiger partial charge in [0.05, 0.1) is 7.11 Å². The number of ether oxygens (including phenoxy) is 3. The molecule has 1 atom stereocenters. The summed E-state index contributed by atoms with van der Waals surface area (Å²) in [6, 6.07) is 4.76. The molecule has 23 heavy (non-hydrogen) atoms. The number of nitrogens with one attached hydrogen (secondary N) is 1. The highest BCUT2D eigenvalue weighted by Gasteiger charge is 2.20. The maximum Gasteiger partial charge on any atom is 0.328 e. The van der Waals surface area contributed by atoms with E-state index < -0.39 is 12.0 Å². The number of rotatable bonds is 7. The lowest BCUT2D eigenvalue weighted by Gasteiger charge is -2.14. The number of fused-ring (bicyclic) bond motifs is 1. The molecule has 6 nitrogen and oxygen atoms in total. The number of hydrogen-bond donors (Lipinski definition) is 1. The van der Waals surface area contributed by atoms with Crippen LogP contribution in [-0.4, -0.2) is 43.8 Å². The minimum atomic E-state index is -0.638. The monoisotopic (exact) mass is 337 g/mol. The third-order valence-corrected chi connectivity index (χ3v) is 3.88. The fourth-order valence-electron chi connectivity index (χ4n) is 2.04. The van der Waals surface area contributed by atoms with E-state index in [9.17, 15) is 9.59 Å². The molecule has 0 aromatic heterocycles. The van der Waals surface area contributed by atoms with E-state index in [0.717, 1.165) is 11.3 Å². The van der Waals surface area contributed by atoms with Crippen molar-refractivity contribution in [3.8, 4) is 11.5 Å². The van der Waals surface area contributed by atoms with Crippen LogP contribution in [0.2, 0.25) is 0 Å². The van der Waals surface area contributed by atoms with Gasteiger partial charge in [-0.1, -0.05) is 6.07 Å². The highest BCUT2D eigenvalue weighted by molar-refractivity contribution is 7.98. The molecule has 0 saturated heterocycles. The second-order valence-corrected chi connectivity index (χ2v) is 5.80. The van der Waals surface area contributed by atoms with Gasteiger partial charge in [-0.05, 0) is 42.2 Å². The van der Waals surface area contributed by atoms with E-state index in [0.29, 0.717) is 17.9 Å². The molecule has 0 spiro atoms. The molecule has 1 aliphatic heterocycles. The number of methoxy groups -OCH3 is 1. The van der Waals surface area contributed by atoms with Gasteiger partial charge in [-0.25, -0.2) is 4.79 Å². The minimum absolute atomic E-state index is 0.208. The van der Waals surface area contributed by atoms with Crippen LogP contribution >= 0.6 is 11.8 Å². The fraction of sp³-hybridized carbons (Fsp3) is 0.375. The van der Waals surface area contributed by atoms with E-state index in [4.69, 9.17) is 14.2 Å². The number of amides is 1. The molecule has 1 aromatic carbocycles. The van der Waals surface area contributed by atoms with Crippen LogP contribution in [0.3, 0.4) is 0 Å². The first-order valence-corrected chi connectivity index (χ1v) is 8.48. The van der Waals surface area contributed by atoms with Gasteiger partial charge in [0.1, 0.15) is 6.04 Å². The summed E-state index contributed by atoms with van der Waals surface area (Å²) >= 11 is 1.60. The first kappa shape index (κ1) is 17.2. The van der Waals surface area contributed by atoms with Crippen molar-refractivity contribution in [2.45, 2.75) is 12.5 Å². The molecule has 0 bridgehead atoms. The molecule has 0 radical (unpaired) electrons. The zero-order chi connectivity index (χ0) is 16.7. The summed E-state index contributed by atoms with van der Waals surface area (Å²) in [6.07, 6.45) is 5.50. The summed E-state index contributed by atoms with van der Waals surface area (Å²) in [5.41, 5.74) is 0.808. The molecule has 1 amide bonds. The number of benzene rings is 1. The maximum atomic E-state index is 12.0. The van der Waals surface area contributed by atoms with E-state index >= 15 is 0 Å². The zero-order valence-electron chi connectivity index (χ0n) is 13.0. The van der Waals surface area contributed by atoms with Crippen molar-refractivity contribution in [3.05, 3.63) is 29.8 Å². The predicted octanol–water partition coefficient (Wildman–Crippen LogP) is 1.84. The molecule has 2 rings (SSSR count). The summed E-state index contributed by atoms with van der Waals surface area (Å²) in [7, 11) is 1.31. The van der Waals surface area contributed by atoms with Crippen LogP contribution in [0.25, 0.3) is 6.08 Å².